The predicted molar refractivity (Wildman–Crippen MR) is 109 cm³/mol. The van der Waals surface area contributed by atoms with Crippen molar-refractivity contribution in [3.05, 3.63) is 90.0 Å². The molecule has 0 unspecified atom stereocenters. The largest absolute Gasteiger partial charge is 0.489 e. The van der Waals surface area contributed by atoms with E-state index in [-0.39, 0.29) is 5.91 Å². The van der Waals surface area contributed by atoms with Gasteiger partial charge in [-0.05, 0) is 64.5 Å². The van der Waals surface area contributed by atoms with E-state index in [4.69, 9.17) is 4.74 Å². The molecule has 0 aliphatic rings. The van der Waals surface area contributed by atoms with E-state index in [0.717, 1.165) is 11.1 Å². The second-order valence-corrected chi connectivity index (χ2v) is 6.46. The topological polar surface area (TPSA) is 81.9 Å². The summed E-state index contributed by atoms with van der Waals surface area (Å²) in [5.41, 5.74) is 3.21. The van der Waals surface area contributed by atoms with Gasteiger partial charge in [0.1, 0.15) is 12.4 Å². The van der Waals surface area contributed by atoms with Gasteiger partial charge in [-0.25, -0.2) is 4.68 Å². The van der Waals surface area contributed by atoms with E-state index in [0.29, 0.717) is 29.4 Å². The molecule has 4 aromatic rings. The molecular formula is C22H19N5O2. The van der Waals surface area contributed by atoms with Crippen LogP contribution >= 0.6 is 0 Å². The molecule has 144 valence electrons. The van der Waals surface area contributed by atoms with Crippen LogP contribution < -0.4 is 10.1 Å². The van der Waals surface area contributed by atoms with E-state index < -0.39 is 0 Å². The van der Waals surface area contributed by atoms with Gasteiger partial charge in [-0.1, -0.05) is 30.3 Å². The Morgan fingerprint density at radius 2 is 1.69 bits per heavy atom. The maximum atomic E-state index is 12.5. The summed E-state index contributed by atoms with van der Waals surface area (Å²) >= 11 is 0. The molecule has 0 saturated heterocycles. The maximum Gasteiger partial charge on any atom is 0.255 e. The van der Waals surface area contributed by atoms with E-state index in [9.17, 15) is 4.79 Å². The minimum atomic E-state index is -0.187. The third kappa shape index (κ3) is 4.47. The molecule has 0 aliphatic heterocycles. The molecular weight excluding hydrogens is 366 g/mol. The number of aryl methyl sites for hydroxylation is 1. The lowest BCUT2D eigenvalue weighted by atomic mass is 10.1. The number of hydrogen-bond acceptors (Lipinski definition) is 5. The van der Waals surface area contributed by atoms with Gasteiger partial charge in [0.05, 0.1) is 0 Å². The fourth-order valence-electron chi connectivity index (χ4n) is 2.82. The van der Waals surface area contributed by atoms with Crippen molar-refractivity contribution in [2.45, 2.75) is 6.61 Å². The fraction of sp³-hybridized carbons (Fsp3) is 0.0909. The summed E-state index contributed by atoms with van der Waals surface area (Å²) < 4.78 is 7.35. The summed E-state index contributed by atoms with van der Waals surface area (Å²) in [7, 11) is 1.78. The average molecular weight is 385 g/mol. The van der Waals surface area contributed by atoms with Gasteiger partial charge in [-0.2, -0.15) is 0 Å². The summed E-state index contributed by atoms with van der Waals surface area (Å²) in [4.78, 5) is 12.5. The quantitative estimate of drug-likeness (QED) is 0.547. The van der Waals surface area contributed by atoms with Crippen LogP contribution in [0.4, 0.5) is 5.69 Å². The zero-order valence-electron chi connectivity index (χ0n) is 15.8. The number of anilines is 1. The average Bonchev–Trinajstić information content (AvgIpc) is 3.20. The smallest absolute Gasteiger partial charge is 0.255 e. The SMILES string of the molecule is Cn1nnnc1-c1ccc(NC(=O)c2ccc(OCc3ccccc3)cc2)cc1. The van der Waals surface area contributed by atoms with Crippen molar-refractivity contribution in [2.75, 3.05) is 5.32 Å². The number of tetrazole rings is 1. The minimum absolute atomic E-state index is 0.187. The van der Waals surface area contributed by atoms with Crippen LogP contribution in [0.5, 0.6) is 5.75 Å². The number of ether oxygens (including phenoxy) is 1. The maximum absolute atomic E-state index is 12.5. The van der Waals surface area contributed by atoms with Crippen molar-refractivity contribution in [2.24, 2.45) is 7.05 Å². The number of nitrogens with zero attached hydrogens (tertiary/aromatic N) is 4. The highest BCUT2D eigenvalue weighted by Gasteiger charge is 2.09. The molecule has 0 aliphatic carbocycles. The van der Waals surface area contributed by atoms with Crippen molar-refractivity contribution >= 4 is 11.6 Å². The zero-order chi connectivity index (χ0) is 20.1. The standard InChI is InChI=1S/C22H19N5O2/c1-27-21(24-25-26-27)17-7-11-19(12-8-17)23-22(28)18-9-13-20(14-10-18)29-15-16-5-3-2-4-6-16/h2-14H,15H2,1H3,(H,23,28). The van der Waals surface area contributed by atoms with Crippen LogP contribution in [0.3, 0.4) is 0 Å². The molecule has 1 amide bonds. The Hall–Kier alpha value is -4.00. The summed E-state index contributed by atoms with van der Waals surface area (Å²) in [6.45, 7) is 0.486. The summed E-state index contributed by atoms with van der Waals surface area (Å²) in [5.74, 6) is 1.19. The second-order valence-electron chi connectivity index (χ2n) is 6.46. The van der Waals surface area contributed by atoms with Gasteiger partial charge < -0.3 is 10.1 Å². The van der Waals surface area contributed by atoms with Crippen molar-refractivity contribution in [1.82, 2.24) is 20.2 Å². The number of aromatic nitrogens is 4. The number of carbonyl (C=O) groups excluding carboxylic acids is 1. The molecule has 7 nitrogen and oxygen atoms in total. The molecule has 29 heavy (non-hydrogen) atoms. The first-order valence-corrected chi connectivity index (χ1v) is 9.10. The predicted octanol–water partition coefficient (Wildman–Crippen LogP) is 3.71. The van der Waals surface area contributed by atoms with Gasteiger partial charge in [0.15, 0.2) is 5.82 Å². The summed E-state index contributed by atoms with van der Waals surface area (Å²) in [6.07, 6.45) is 0. The third-order valence-electron chi connectivity index (χ3n) is 4.39. The molecule has 0 spiro atoms. The normalized spacial score (nSPS) is 10.5. The molecule has 0 saturated carbocycles. The second kappa shape index (κ2) is 8.35. The highest BCUT2D eigenvalue weighted by molar-refractivity contribution is 6.04. The van der Waals surface area contributed by atoms with E-state index >= 15 is 0 Å². The van der Waals surface area contributed by atoms with Crippen LogP contribution in [0.2, 0.25) is 0 Å². The Bertz CT molecular complexity index is 1090. The molecule has 0 bridgehead atoms. The fourth-order valence-corrected chi connectivity index (χ4v) is 2.82. The molecule has 1 heterocycles. The van der Waals surface area contributed by atoms with E-state index in [1.165, 1.54) is 0 Å². The molecule has 4 rings (SSSR count). The van der Waals surface area contributed by atoms with Gasteiger partial charge in [-0.15, -0.1) is 5.10 Å². The first kappa shape index (κ1) is 18.4. The van der Waals surface area contributed by atoms with Crippen molar-refractivity contribution in [1.29, 1.82) is 0 Å². The van der Waals surface area contributed by atoms with E-state index in [1.807, 2.05) is 54.6 Å². The van der Waals surface area contributed by atoms with Gasteiger partial charge in [-0.3, -0.25) is 4.79 Å². The van der Waals surface area contributed by atoms with Crippen molar-refractivity contribution < 1.29 is 9.53 Å². The molecule has 0 fully saturated rings. The van der Waals surface area contributed by atoms with E-state index in [2.05, 4.69) is 20.8 Å². The Morgan fingerprint density at radius 1 is 0.966 bits per heavy atom. The van der Waals surface area contributed by atoms with E-state index in [1.54, 1.807) is 36.0 Å². The van der Waals surface area contributed by atoms with Crippen LogP contribution in [-0.4, -0.2) is 26.1 Å². The number of benzene rings is 3. The first-order chi connectivity index (χ1) is 14.2. The Labute approximate surface area is 168 Å². The summed E-state index contributed by atoms with van der Waals surface area (Å²) in [6, 6.07) is 24.4. The molecule has 3 aromatic carbocycles. The highest BCUT2D eigenvalue weighted by Crippen LogP contribution is 2.19. The number of amides is 1. The zero-order valence-corrected chi connectivity index (χ0v) is 15.8. The minimum Gasteiger partial charge on any atom is -0.489 e. The van der Waals surface area contributed by atoms with Gasteiger partial charge >= 0.3 is 0 Å². The third-order valence-corrected chi connectivity index (χ3v) is 4.39. The highest BCUT2D eigenvalue weighted by atomic mass is 16.5. The monoisotopic (exact) mass is 385 g/mol. The van der Waals surface area contributed by atoms with Crippen molar-refractivity contribution in [3.8, 4) is 17.1 Å². The Kier molecular flexibility index (Phi) is 5.29. The number of rotatable bonds is 6. The molecule has 0 radical (unpaired) electrons. The number of carbonyl (C=O) groups is 1. The van der Waals surface area contributed by atoms with Gasteiger partial charge in [0.2, 0.25) is 0 Å². The summed E-state index contributed by atoms with van der Waals surface area (Å²) in [5, 5.41) is 14.3. The molecule has 7 heteroatoms. The van der Waals surface area contributed by atoms with Crippen molar-refractivity contribution in [3.63, 3.8) is 0 Å². The lowest BCUT2D eigenvalue weighted by Crippen LogP contribution is -2.11. The Balaban J connectivity index is 1.36. The van der Waals surface area contributed by atoms with Gasteiger partial charge in [0, 0.05) is 23.9 Å². The number of nitrogens with one attached hydrogen (secondary N) is 1. The van der Waals surface area contributed by atoms with Crippen LogP contribution in [-0.2, 0) is 13.7 Å². The van der Waals surface area contributed by atoms with Gasteiger partial charge in [0.25, 0.3) is 5.91 Å². The molecule has 1 aromatic heterocycles. The van der Waals surface area contributed by atoms with Crippen LogP contribution in [0.15, 0.2) is 78.9 Å². The lowest BCUT2D eigenvalue weighted by molar-refractivity contribution is 0.102. The van der Waals surface area contributed by atoms with Crippen LogP contribution in [0.25, 0.3) is 11.4 Å². The molecule has 1 N–H and O–H groups in total. The van der Waals surface area contributed by atoms with Crippen LogP contribution in [0, 0.1) is 0 Å². The Morgan fingerprint density at radius 3 is 2.34 bits per heavy atom. The number of hydrogen-bond donors (Lipinski definition) is 1. The lowest BCUT2D eigenvalue weighted by Gasteiger charge is -2.08. The molecule has 0 atom stereocenters. The van der Waals surface area contributed by atoms with Crippen LogP contribution in [0.1, 0.15) is 15.9 Å². The first-order valence-electron chi connectivity index (χ1n) is 9.10.